The number of hydrogen-bond donors (Lipinski definition) is 1. The van der Waals surface area contributed by atoms with Gasteiger partial charge in [0.2, 0.25) is 0 Å². The van der Waals surface area contributed by atoms with E-state index in [0.29, 0.717) is 5.92 Å². The van der Waals surface area contributed by atoms with Gasteiger partial charge in [0.05, 0.1) is 0 Å². The Morgan fingerprint density at radius 3 is 2.49 bits per heavy atom. The molecule has 1 atom stereocenters. The smallest absolute Gasteiger partial charge is 0.407 e. The second-order valence-electron chi connectivity index (χ2n) is 10.9. The van der Waals surface area contributed by atoms with Crippen molar-refractivity contribution in [1.29, 1.82) is 0 Å². The van der Waals surface area contributed by atoms with Crippen molar-refractivity contribution in [3.05, 3.63) is 72.1 Å². The molecule has 0 spiro atoms. The first-order valence-electron chi connectivity index (χ1n) is 12.6. The number of amides is 1. The average molecular weight is 471 g/mol. The van der Waals surface area contributed by atoms with E-state index in [9.17, 15) is 4.79 Å². The number of hydrogen-bond acceptors (Lipinski definition) is 4. The van der Waals surface area contributed by atoms with Gasteiger partial charge in [0, 0.05) is 36.8 Å². The van der Waals surface area contributed by atoms with Crippen molar-refractivity contribution in [2.24, 2.45) is 0 Å². The normalized spacial score (nSPS) is 21.1. The molecule has 5 rings (SSSR count). The lowest BCUT2D eigenvalue weighted by atomic mass is 9.89. The number of pyridine rings is 1. The summed E-state index contributed by atoms with van der Waals surface area (Å²) in [7, 11) is 0. The van der Waals surface area contributed by atoms with E-state index in [-0.39, 0.29) is 18.2 Å². The van der Waals surface area contributed by atoms with Crippen LogP contribution >= 0.6 is 0 Å². The van der Waals surface area contributed by atoms with Crippen LogP contribution in [-0.2, 0) is 11.2 Å². The molecule has 1 aromatic heterocycles. The monoisotopic (exact) mass is 470 g/mol. The zero-order valence-corrected chi connectivity index (χ0v) is 21.0. The summed E-state index contributed by atoms with van der Waals surface area (Å²) in [5.41, 5.74) is 7.28. The number of ether oxygens (including phenoxy) is 2. The number of fused-ring (bicyclic) bond motifs is 3. The third-order valence-corrected chi connectivity index (χ3v) is 6.94. The summed E-state index contributed by atoms with van der Waals surface area (Å²) < 4.78 is 11.4. The molecule has 0 radical (unpaired) electrons. The van der Waals surface area contributed by atoms with Gasteiger partial charge in [-0.1, -0.05) is 37.3 Å². The second kappa shape index (κ2) is 9.37. The van der Waals surface area contributed by atoms with Crippen molar-refractivity contribution < 1.29 is 14.3 Å². The van der Waals surface area contributed by atoms with Crippen LogP contribution in [-0.4, -0.2) is 28.8 Å². The minimum atomic E-state index is -0.484. The number of alkyl carbamates (subject to hydrolysis) is 1. The van der Waals surface area contributed by atoms with E-state index < -0.39 is 5.60 Å². The number of nitrogens with zero attached hydrogens (tertiary/aromatic N) is 1. The molecule has 35 heavy (non-hydrogen) atoms. The summed E-state index contributed by atoms with van der Waals surface area (Å²) in [6.45, 7) is 7.92. The molecule has 5 heteroatoms. The molecule has 2 aliphatic rings. The first-order valence-corrected chi connectivity index (χ1v) is 12.6. The Bertz CT molecular complexity index is 1210. The summed E-state index contributed by atoms with van der Waals surface area (Å²) in [6.07, 6.45) is 7.47. The standard InChI is InChI=1S/C30H34N2O3/c1-19-5-6-21-13-14-31-18-28(21)26-12-9-22(15-27(19)26)20-7-10-24(11-8-20)34-25-16-23(17-25)32-29(33)35-30(2,3)4/h7-15,18-19,23,25H,5-6,16-17H2,1-4H3,(H,32,33). The van der Waals surface area contributed by atoms with Crippen LogP contribution < -0.4 is 10.1 Å². The highest BCUT2D eigenvalue weighted by atomic mass is 16.6. The van der Waals surface area contributed by atoms with Gasteiger partial charge >= 0.3 is 6.09 Å². The Morgan fingerprint density at radius 2 is 1.74 bits per heavy atom. The number of carbonyl (C=O) groups is 1. The van der Waals surface area contributed by atoms with Gasteiger partial charge in [0.1, 0.15) is 17.5 Å². The van der Waals surface area contributed by atoms with Gasteiger partial charge in [-0.3, -0.25) is 4.98 Å². The Kier molecular flexibility index (Phi) is 6.26. The Hall–Kier alpha value is -3.34. The lowest BCUT2D eigenvalue weighted by molar-refractivity contribution is 0.0363. The first-order chi connectivity index (χ1) is 16.7. The van der Waals surface area contributed by atoms with Crippen LogP contribution in [0.25, 0.3) is 22.3 Å². The molecule has 2 aliphatic carbocycles. The topological polar surface area (TPSA) is 60.5 Å². The van der Waals surface area contributed by atoms with E-state index in [0.717, 1.165) is 31.4 Å². The molecule has 182 valence electrons. The van der Waals surface area contributed by atoms with Crippen molar-refractivity contribution in [1.82, 2.24) is 10.3 Å². The van der Waals surface area contributed by atoms with Gasteiger partial charge in [-0.05, 0) is 85.5 Å². The zero-order valence-electron chi connectivity index (χ0n) is 21.0. The number of aromatic nitrogens is 1. The predicted octanol–water partition coefficient (Wildman–Crippen LogP) is 6.90. The number of nitrogens with one attached hydrogen (secondary N) is 1. The van der Waals surface area contributed by atoms with Crippen LogP contribution in [0.4, 0.5) is 4.79 Å². The molecule has 1 heterocycles. The van der Waals surface area contributed by atoms with Gasteiger partial charge in [-0.15, -0.1) is 0 Å². The van der Waals surface area contributed by atoms with Gasteiger partial charge in [0.15, 0.2) is 0 Å². The maximum atomic E-state index is 11.9. The molecule has 2 aromatic carbocycles. The van der Waals surface area contributed by atoms with Crippen molar-refractivity contribution in [2.75, 3.05) is 0 Å². The highest BCUT2D eigenvalue weighted by Crippen LogP contribution is 2.40. The van der Waals surface area contributed by atoms with Gasteiger partial charge in [-0.2, -0.15) is 0 Å². The molecule has 1 amide bonds. The van der Waals surface area contributed by atoms with Crippen LogP contribution in [0.1, 0.15) is 64.0 Å². The molecule has 1 fully saturated rings. The van der Waals surface area contributed by atoms with Gasteiger partial charge in [0.25, 0.3) is 0 Å². The lowest BCUT2D eigenvalue weighted by Gasteiger charge is -2.36. The first kappa shape index (κ1) is 23.4. The Balaban J connectivity index is 1.22. The van der Waals surface area contributed by atoms with E-state index in [4.69, 9.17) is 9.47 Å². The van der Waals surface area contributed by atoms with E-state index >= 15 is 0 Å². The van der Waals surface area contributed by atoms with Crippen LogP contribution in [0, 0.1) is 0 Å². The molecular formula is C30H34N2O3. The third kappa shape index (κ3) is 5.34. The number of rotatable bonds is 4. The summed E-state index contributed by atoms with van der Waals surface area (Å²) in [5, 5.41) is 2.91. The molecule has 5 nitrogen and oxygen atoms in total. The zero-order chi connectivity index (χ0) is 24.6. The van der Waals surface area contributed by atoms with Crippen LogP contribution in [0.5, 0.6) is 5.75 Å². The molecule has 1 saturated carbocycles. The van der Waals surface area contributed by atoms with E-state index in [1.807, 2.05) is 45.3 Å². The van der Waals surface area contributed by atoms with Gasteiger partial charge in [-0.25, -0.2) is 4.79 Å². The highest BCUT2D eigenvalue weighted by Gasteiger charge is 2.33. The van der Waals surface area contributed by atoms with Crippen LogP contribution in [0.2, 0.25) is 0 Å². The molecule has 1 unspecified atom stereocenters. The molecule has 0 aliphatic heterocycles. The van der Waals surface area contributed by atoms with Crippen molar-refractivity contribution >= 4 is 6.09 Å². The molecule has 0 saturated heterocycles. The Morgan fingerprint density at radius 1 is 1.00 bits per heavy atom. The second-order valence-corrected chi connectivity index (χ2v) is 10.9. The molecular weight excluding hydrogens is 436 g/mol. The fourth-order valence-electron chi connectivity index (χ4n) is 4.98. The van der Waals surface area contributed by atoms with Crippen LogP contribution in [0.15, 0.2) is 60.9 Å². The van der Waals surface area contributed by atoms with E-state index in [1.54, 1.807) is 0 Å². The van der Waals surface area contributed by atoms with Crippen molar-refractivity contribution in [2.45, 2.75) is 77.0 Å². The maximum Gasteiger partial charge on any atom is 0.407 e. The third-order valence-electron chi connectivity index (χ3n) is 6.94. The lowest BCUT2D eigenvalue weighted by Crippen LogP contribution is -2.50. The average Bonchev–Trinajstić information content (AvgIpc) is 2.93. The summed E-state index contributed by atoms with van der Waals surface area (Å²) in [5.74, 6) is 1.36. The fraction of sp³-hybridized carbons (Fsp3) is 0.400. The number of carbonyl (C=O) groups excluding carboxylic acids is 1. The fourth-order valence-corrected chi connectivity index (χ4v) is 4.98. The summed E-state index contributed by atoms with van der Waals surface area (Å²) in [4.78, 5) is 16.3. The molecule has 1 N–H and O–H groups in total. The molecule has 0 bridgehead atoms. The minimum absolute atomic E-state index is 0.107. The predicted molar refractivity (Wildman–Crippen MR) is 139 cm³/mol. The van der Waals surface area contributed by atoms with E-state index in [1.165, 1.54) is 33.4 Å². The maximum absolute atomic E-state index is 11.9. The number of benzene rings is 2. The summed E-state index contributed by atoms with van der Waals surface area (Å²) in [6, 6.07) is 17.4. The van der Waals surface area contributed by atoms with Crippen molar-refractivity contribution in [3.8, 4) is 28.0 Å². The SMILES string of the molecule is CC1CCc2ccncc2-c2ccc(-c3ccc(OC4CC(NC(=O)OC(C)(C)C)C4)cc3)cc21. The molecule has 3 aromatic rings. The summed E-state index contributed by atoms with van der Waals surface area (Å²) >= 11 is 0. The van der Waals surface area contributed by atoms with Gasteiger partial charge < -0.3 is 14.8 Å². The quantitative estimate of drug-likeness (QED) is 0.450. The Labute approximate surface area is 207 Å². The van der Waals surface area contributed by atoms with Crippen LogP contribution in [0.3, 0.4) is 0 Å². The minimum Gasteiger partial charge on any atom is -0.490 e. The van der Waals surface area contributed by atoms with Crippen molar-refractivity contribution in [3.63, 3.8) is 0 Å². The van der Waals surface area contributed by atoms with E-state index in [2.05, 4.69) is 53.6 Å². The largest absolute Gasteiger partial charge is 0.490 e. The number of aryl methyl sites for hydroxylation is 1. The highest BCUT2D eigenvalue weighted by molar-refractivity contribution is 5.76.